The third-order valence-corrected chi connectivity index (χ3v) is 3.13. The van der Waals surface area contributed by atoms with E-state index in [2.05, 4.69) is 41.1 Å². The number of benzene rings is 1. The fourth-order valence-electron chi connectivity index (χ4n) is 1.74. The number of hydrogen-bond acceptors (Lipinski definition) is 1. The lowest BCUT2D eigenvalue weighted by atomic mass is 10.1. The third kappa shape index (κ3) is 2.85. The van der Waals surface area contributed by atoms with Crippen molar-refractivity contribution in [2.24, 2.45) is 0 Å². The average molecular weight is 267 g/mol. The van der Waals surface area contributed by atoms with Gasteiger partial charge in [-0.25, -0.2) is 0 Å². The summed E-state index contributed by atoms with van der Waals surface area (Å²) in [7, 11) is 0. The van der Waals surface area contributed by atoms with E-state index in [9.17, 15) is 0 Å². The molecule has 1 nitrogen and oxygen atoms in total. The van der Waals surface area contributed by atoms with Crippen LogP contribution in [0.3, 0.4) is 0 Å². The fourth-order valence-corrected chi connectivity index (χ4v) is 2.08. The normalized spacial score (nSPS) is 20.3. The second-order valence-electron chi connectivity index (χ2n) is 3.93. The van der Waals surface area contributed by atoms with Crippen molar-refractivity contribution < 1.29 is 4.74 Å². The smallest absolute Gasteiger partial charge is 0.124 e. The summed E-state index contributed by atoms with van der Waals surface area (Å²) in [5.41, 5.74) is 1.19. The molecule has 0 fully saturated rings. The molecule has 0 saturated heterocycles. The van der Waals surface area contributed by atoms with Gasteiger partial charge >= 0.3 is 0 Å². The maximum absolute atomic E-state index is 5.95. The topological polar surface area (TPSA) is 9.23 Å². The van der Waals surface area contributed by atoms with Gasteiger partial charge in [-0.2, -0.15) is 0 Å². The number of allylic oxidation sites excluding steroid dienone is 1. The lowest BCUT2D eigenvalue weighted by Crippen LogP contribution is -2.16. The first-order valence-electron chi connectivity index (χ1n) is 5.35. The van der Waals surface area contributed by atoms with Gasteiger partial charge in [0.15, 0.2) is 0 Å². The van der Waals surface area contributed by atoms with Gasteiger partial charge < -0.3 is 4.74 Å². The Kier molecular flexibility index (Phi) is 3.47. The molecule has 0 saturated carbocycles. The van der Waals surface area contributed by atoms with E-state index in [-0.39, 0.29) is 6.10 Å². The van der Waals surface area contributed by atoms with Gasteiger partial charge in [0, 0.05) is 4.47 Å². The monoisotopic (exact) mass is 266 g/mol. The molecule has 1 aliphatic carbocycles. The SMILES string of the molecule is Cc1ccc(Br)cc1OC1C=CCCC1. The van der Waals surface area contributed by atoms with E-state index in [1.54, 1.807) is 0 Å². The number of ether oxygens (including phenoxy) is 1. The minimum absolute atomic E-state index is 0.256. The zero-order valence-corrected chi connectivity index (χ0v) is 10.5. The van der Waals surface area contributed by atoms with Crippen LogP contribution < -0.4 is 4.74 Å². The number of hydrogen-bond donors (Lipinski definition) is 0. The molecule has 0 N–H and O–H groups in total. The molecule has 80 valence electrons. The van der Waals surface area contributed by atoms with Crippen molar-refractivity contribution in [3.63, 3.8) is 0 Å². The lowest BCUT2D eigenvalue weighted by molar-refractivity contribution is 0.228. The zero-order valence-electron chi connectivity index (χ0n) is 8.87. The number of rotatable bonds is 2. The molecule has 2 heteroatoms. The first kappa shape index (κ1) is 10.7. The van der Waals surface area contributed by atoms with Crippen LogP contribution in [0.25, 0.3) is 0 Å². The Bertz CT molecular complexity index is 371. The summed E-state index contributed by atoms with van der Waals surface area (Å²) in [6.07, 6.45) is 8.19. The molecule has 1 unspecified atom stereocenters. The molecule has 0 aromatic heterocycles. The zero-order chi connectivity index (χ0) is 10.7. The number of aryl methyl sites for hydroxylation is 1. The fraction of sp³-hybridized carbons (Fsp3) is 0.385. The Labute approximate surface area is 99.3 Å². The minimum Gasteiger partial charge on any atom is -0.486 e. The van der Waals surface area contributed by atoms with E-state index in [1.165, 1.54) is 18.4 Å². The first-order chi connectivity index (χ1) is 7.25. The van der Waals surface area contributed by atoms with Crippen LogP contribution in [0.1, 0.15) is 24.8 Å². The van der Waals surface area contributed by atoms with E-state index >= 15 is 0 Å². The molecule has 1 aliphatic rings. The molecule has 1 atom stereocenters. The van der Waals surface area contributed by atoms with Crippen molar-refractivity contribution in [3.8, 4) is 5.75 Å². The average Bonchev–Trinajstić information content (AvgIpc) is 2.25. The molecule has 0 bridgehead atoms. The van der Waals surface area contributed by atoms with Crippen LogP contribution in [0.5, 0.6) is 5.75 Å². The predicted octanol–water partition coefficient (Wildman–Crippen LogP) is 4.25. The van der Waals surface area contributed by atoms with Gasteiger partial charge in [-0.05, 0) is 50.0 Å². The Balaban J connectivity index is 2.12. The molecule has 0 aliphatic heterocycles. The van der Waals surface area contributed by atoms with Crippen molar-refractivity contribution in [1.82, 2.24) is 0 Å². The standard InChI is InChI=1S/C13H15BrO/c1-10-7-8-11(14)9-13(10)15-12-5-3-2-4-6-12/h3,5,7-9,12H,2,4,6H2,1H3. The van der Waals surface area contributed by atoms with E-state index in [0.717, 1.165) is 16.6 Å². The van der Waals surface area contributed by atoms with Crippen molar-refractivity contribution in [2.45, 2.75) is 32.3 Å². The second-order valence-corrected chi connectivity index (χ2v) is 4.84. The van der Waals surface area contributed by atoms with Crippen LogP contribution in [0.4, 0.5) is 0 Å². The highest BCUT2D eigenvalue weighted by atomic mass is 79.9. The molecule has 1 aromatic carbocycles. The molecule has 15 heavy (non-hydrogen) atoms. The Morgan fingerprint density at radius 1 is 1.40 bits per heavy atom. The molecular weight excluding hydrogens is 252 g/mol. The van der Waals surface area contributed by atoms with Gasteiger partial charge in [-0.3, -0.25) is 0 Å². The Morgan fingerprint density at radius 2 is 2.27 bits per heavy atom. The molecule has 0 heterocycles. The Morgan fingerprint density at radius 3 is 3.00 bits per heavy atom. The van der Waals surface area contributed by atoms with Gasteiger partial charge in [0.1, 0.15) is 11.9 Å². The number of halogens is 1. The van der Waals surface area contributed by atoms with Crippen LogP contribution in [0.15, 0.2) is 34.8 Å². The molecule has 2 rings (SSSR count). The summed E-state index contributed by atoms with van der Waals surface area (Å²) in [4.78, 5) is 0. The van der Waals surface area contributed by atoms with Crippen LogP contribution in [-0.2, 0) is 0 Å². The predicted molar refractivity (Wildman–Crippen MR) is 66.3 cm³/mol. The highest BCUT2D eigenvalue weighted by Gasteiger charge is 2.11. The largest absolute Gasteiger partial charge is 0.486 e. The van der Waals surface area contributed by atoms with Crippen molar-refractivity contribution >= 4 is 15.9 Å². The minimum atomic E-state index is 0.256. The van der Waals surface area contributed by atoms with Gasteiger partial charge in [0.05, 0.1) is 0 Å². The van der Waals surface area contributed by atoms with Crippen LogP contribution >= 0.6 is 15.9 Å². The van der Waals surface area contributed by atoms with Crippen molar-refractivity contribution in [1.29, 1.82) is 0 Å². The summed E-state index contributed by atoms with van der Waals surface area (Å²) < 4.78 is 7.02. The summed E-state index contributed by atoms with van der Waals surface area (Å²) in [5.74, 6) is 0.987. The molecule has 1 aromatic rings. The summed E-state index contributed by atoms with van der Waals surface area (Å²) in [5, 5.41) is 0. The van der Waals surface area contributed by atoms with E-state index in [0.29, 0.717) is 0 Å². The van der Waals surface area contributed by atoms with Crippen LogP contribution in [0.2, 0.25) is 0 Å². The second kappa shape index (κ2) is 4.84. The molecule has 0 amide bonds. The van der Waals surface area contributed by atoms with Gasteiger partial charge in [-0.1, -0.05) is 28.1 Å². The molecule has 0 spiro atoms. The van der Waals surface area contributed by atoms with Crippen molar-refractivity contribution in [3.05, 3.63) is 40.4 Å². The molecular formula is C13H15BrO. The lowest BCUT2D eigenvalue weighted by Gasteiger charge is -2.19. The maximum atomic E-state index is 5.95. The van der Waals surface area contributed by atoms with Crippen LogP contribution in [0, 0.1) is 6.92 Å². The summed E-state index contributed by atoms with van der Waals surface area (Å²) in [6, 6.07) is 6.16. The summed E-state index contributed by atoms with van der Waals surface area (Å²) >= 11 is 3.46. The van der Waals surface area contributed by atoms with Crippen LogP contribution in [-0.4, -0.2) is 6.10 Å². The van der Waals surface area contributed by atoms with E-state index in [1.807, 2.05) is 12.1 Å². The van der Waals surface area contributed by atoms with Gasteiger partial charge in [0.25, 0.3) is 0 Å². The van der Waals surface area contributed by atoms with E-state index < -0.39 is 0 Å². The van der Waals surface area contributed by atoms with Gasteiger partial charge in [-0.15, -0.1) is 0 Å². The quantitative estimate of drug-likeness (QED) is 0.728. The third-order valence-electron chi connectivity index (χ3n) is 2.64. The van der Waals surface area contributed by atoms with Gasteiger partial charge in [0.2, 0.25) is 0 Å². The highest BCUT2D eigenvalue weighted by molar-refractivity contribution is 9.10. The highest BCUT2D eigenvalue weighted by Crippen LogP contribution is 2.26. The summed E-state index contributed by atoms with van der Waals surface area (Å²) in [6.45, 7) is 2.08. The first-order valence-corrected chi connectivity index (χ1v) is 6.14. The molecule has 0 radical (unpaired) electrons. The van der Waals surface area contributed by atoms with Crippen molar-refractivity contribution in [2.75, 3.05) is 0 Å². The Hall–Kier alpha value is -0.760. The van der Waals surface area contributed by atoms with E-state index in [4.69, 9.17) is 4.74 Å². The maximum Gasteiger partial charge on any atom is 0.124 e.